The summed E-state index contributed by atoms with van der Waals surface area (Å²) in [4.78, 5) is 39.6. The number of amides is 2. The zero-order valence-corrected chi connectivity index (χ0v) is 28.2. The zero-order valence-electron chi connectivity index (χ0n) is 28.2. The fourth-order valence-electron chi connectivity index (χ4n) is 5.88. The molecule has 252 valence electrons. The summed E-state index contributed by atoms with van der Waals surface area (Å²) in [6, 6.07) is 13.1. The number of fused-ring (bicyclic) bond motifs is 3. The predicted octanol–water partition coefficient (Wildman–Crippen LogP) is 4.89. The Balaban J connectivity index is 1.69. The number of nitrogens with one attached hydrogen (secondary N) is 3. The SMILES string of the molecule is CC[C@H](C)[C@H](Nc1ccc2c(cc1=O)[C@@H](NC(C)=O)CCc1cc(OC)c(OC)c(OC)c1-2)C(=O)NCCOc1ccccc1OC. The van der Waals surface area contributed by atoms with E-state index < -0.39 is 12.1 Å². The van der Waals surface area contributed by atoms with Gasteiger partial charge in [-0.25, -0.2) is 0 Å². The van der Waals surface area contributed by atoms with Crippen molar-refractivity contribution in [2.75, 3.05) is 46.9 Å². The third kappa shape index (κ3) is 7.90. The molecule has 3 aromatic carbocycles. The number of para-hydroxylation sites is 2. The Hall–Kier alpha value is -4.93. The number of carbonyl (C=O) groups excluding carboxylic acids is 2. The van der Waals surface area contributed by atoms with Crippen LogP contribution in [0.15, 0.2) is 53.3 Å². The van der Waals surface area contributed by atoms with Crippen molar-refractivity contribution in [3.8, 4) is 39.9 Å². The van der Waals surface area contributed by atoms with Gasteiger partial charge in [0.2, 0.25) is 23.0 Å². The van der Waals surface area contributed by atoms with Gasteiger partial charge < -0.3 is 39.6 Å². The van der Waals surface area contributed by atoms with Gasteiger partial charge in [0.1, 0.15) is 12.6 Å². The smallest absolute Gasteiger partial charge is 0.242 e. The summed E-state index contributed by atoms with van der Waals surface area (Å²) in [6.07, 6.45) is 1.83. The summed E-state index contributed by atoms with van der Waals surface area (Å²) < 4.78 is 28.3. The second kappa shape index (κ2) is 16.1. The van der Waals surface area contributed by atoms with Crippen molar-refractivity contribution in [2.45, 2.75) is 52.1 Å². The van der Waals surface area contributed by atoms with E-state index in [1.54, 1.807) is 39.5 Å². The van der Waals surface area contributed by atoms with E-state index in [0.29, 0.717) is 59.1 Å². The minimum Gasteiger partial charge on any atom is -0.493 e. The van der Waals surface area contributed by atoms with Crippen LogP contribution in [0.3, 0.4) is 0 Å². The van der Waals surface area contributed by atoms with Crippen molar-refractivity contribution in [2.24, 2.45) is 5.92 Å². The Morgan fingerprint density at radius 1 is 0.915 bits per heavy atom. The molecule has 0 bridgehead atoms. The maximum absolute atomic E-state index is 13.9. The molecular formula is C36H45N3O8. The van der Waals surface area contributed by atoms with Gasteiger partial charge in [-0.1, -0.05) is 38.5 Å². The molecule has 0 saturated heterocycles. The molecule has 2 amide bonds. The van der Waals surface area contributed by atoms with Gasteiger partial charge in [0.05, 0.1) is 46.7 Å². The molecule has 0 aromatic heterocycles. The van der Waals surface area contributed by atoms with Crippen LogP contribution in [-0.4, -0.2) is 59.4 Å². The van der Waals surface area contributed by atoms with E-state index >= 15 is 0 Å². The van der Waals surface area contributed by atoms with E-state index in [-0.39, 0.29) is 42.0 Å². The minimum atomic E-state index is -0.696. The van der Waals surface area contributed by atoms with E-state index in [9.17, 15) is 14.4 Å². The molecule has 11 heteroatoms. The molecule has 3 atom stereocenters. The summed E-state index contributed by atoms with van der Waals surface area (Å²) in [5, 5.41) is 9.19. The fourth-order valence-corrected chi connectivity index (χ4v) is 5.88. The Morgan fingerprint density at radius 2 is 1.62 bits per heavy atom. The molecule has 3 N–H and O–H groups in total. The molecule has 1 aliphatic carbocycles. The molecule has 47 heavy (non-hydrogen) atoms. The maximum atomic E-state index is 13.9. The van der Waals surface area contributed by atoms with Crippen LogP contribution in [0, 0.1) is 5.92 Å². The molecule has 0 fully saturated rings. The number of aryl methyl sites for hydroxylation is 1. The second-order valence-electron chi connectivity index (χ2n) is 11.4. The lowest BCUT2D eigenvalue weighted by atomic mass is 9.95. The van der Waals surface area contributed by atoms with Crippen LogP contribution in [0.5, 0.6) is 28.7 Å². The van der Waals surface area contributed by atoms with E-state index in [1.165, 1.54) is 20.1 Å². The number of rotatable bonds is 14. The third-order valence-corrected chi connectivity index (χ3v) is 8.45. The molecular weight excluding hydrogens is 602 g/mol. The van der Waals surface area contributed by atoms with E-state index in [1.807, 2.05) is 38.1 Å². The second-order valence-corrected chi connectivity index (χ2v) is 11.4. The first-order valence-electron chi connectivity index (χ1n) is 15.7. The van der Waals surface area contributed by atoms with Gasteiger partial charge in [0, 0.05) is 12.5 Å². The van der Waals surface area contributed by atoms with E-state index in [0.717, 1.165) is 11.1 Å². The predicted molar refractivity (Wildman–Crippen MR) is 181 cm³/mol. The topological polar surface area (TPSA) is 133 Å². The van der Waals surface area contributed by atoms with Crippen LogP contribution in [-0.2, 0) is 16.0 Å². The number of carbonyl (C=O) groups is 2. The molecule has 0 spiro atoms. The lowest BCUT2D eigenvalue weighted by molar-refractivity contribution is -0.123. The first kappa shape index (κ1) is 34.9. The van der Waals surface area contributed by atoms with Gasteiger partial charge in [-0.3, -0.25) is 14.4 Å². The highest BCUT2D eigenvalue weighted by Crippen LogP contribution is 2.50. The molecule has 0 unspecified atom stereocenters. The minimum absolute atomic E-state index is 0.0995. The number of hydrogen-bond acceptors (Lipinski definition) is 9. The quantitative estimate of drug-likeness (QED) is 0.209. The van der Waals surface area contributed by atoms with Gasteiger partial charge in [-0.15, -0.1) is 0 Å². The maximum Gasteiger partial charge on any atom is 0.242 e. The van der Waals surface area contributed by atoms with Gasteiger partial charge in [-0.05, 0) is 65.8 Å². The summed E-state index contributed by atoms with van der Waals surface area (Å²) >= 11 is 0. The number of hydrogen-bond donors (Lipinski definition) is 3. The van der Waals surface area contributed by atoms with E-state index in [4.69, 9.17) is 23.7 Å². The van der Waals surface area contributed by atoms with Gasteiger partial charge in [-0.2, -0.15) is 0 Å². The Morgan fingerprint density at radius 3 is 2.26 bits per heavy atom. The van der Waals surface area contributed by atoms with Crippen molar-refractivity contribution in [1.29, 1.82) is 0 Å². The first-order chi connectivity index (χ1) is 22.7. The van der Waals surface area contributed by atoms with Crippen LogP contribution in [0.4, 0.5) is 5.69 Å². The normalized spacial score (nSPS) is 14.7. The van der Waals surface area contributed by atoms with Gasteiger partial charge in [0.15, 0.2) is 23.0 Å². The Labute approximate surface area is 275 Å². The number of ether oxygens (including phenoxy) is 5. The van der Waals surface area contributed by atoms with Crippen LogP contribution in [0.25, 0.3) is 11.1 Å². The molecule has 0 saturated carbocycles. The molecule has 4 rings (SSSR count). The summed E-state index contributed by atoms with van der Waals surface area (Å²) in [7, 11) is 6.23. The first-order valence-corrected chi connectivity index (χ1v) is 15.7. The number of benzene rings is 2. The van der Waals surface area contributed by atoms with Crippen LogP contribution < -0.4 is 45.1 Å². The Kier molecular flexibility index (Phi) is 11.9. The molecule has 0 aliphatic heterocycles. The molecule has 3 aromatic rings. The highest BCUT2D eigenvalue weighted by atomic mass is 16.5. The lowest BCUT2D eigenvalue weighted by Gasteiger charge is -2.24. The van der Waals surface area contributed by atoms with Crippen LogP contribution >= 0.6 is 0 Å². The van der Waals surface area contributed by atoms with Gasteiger partial charge >= 0.3 is 0 Å². The molecule has 11 nitrogen and oxygen atoms in total. The van der Waals surface area contributed by atoms with Crippen molar-refractivity contribution >= 4 is 17.5 Å². The van der Waals surface area contributed by atoms with Crippen molar-refractivity contribution in [1.82, 2.24) is 10.6 Å². The van der Waals surface area contributed by atoms with E-state index in [2.05, 4.69) is 16.0 Å². The standard InChI is InChI=1S/C36H45N3O8/c1-8-21(2)33(36(42)37-17-18-47-30-12-10-9-11-29(30)43-4)39-27-16-14-24-25(20-28(27)41)26(38-22(3)40)15-13-23-19-31(44-5)34(45-6)35(46-7)32(23)24/h9-12,14,16,19-21,26,33H,8,13,15,17-18H2,1-7H3,(H,37,42)(H,38,40)(H,39,41)/t21-,26-,33-/m0/s1. The molecule has 0 radical (unpaired) electrons. The van der Waals surface area contributed by atoms with Gasteiger partial charge in [0.25, 0.3) is 0 Å². The zero-order chi connectivity index (χ0) is 34.1. The Bertz CT molecular complexity index is 1640. The monoisotopic (exact) mass is 647 g/mol. The highest BCUT2D eigenvalue weighted by molar-refractivity contribution is 5.86. The van der Waals surface area contributed by atoms with Crippen LogP contribution in [0.2, 0.25) is 0 Å². The third-order valence-electron chi connectivity index (χ3n) is 8.45. The largest absolute Gasteiger partial charge is 0.493 e. The highest BCUT2D eigenvalue weighted by Gasteiger charge is 2.30. The summed E-state index contributed by atoms with van der Waals surface area (Å²) in [5.41, 5.74) is 2.96. The summed E-state index contributed by atoms with van der Waals surface area (Å²) in [5.74, 6) is 2.03. The van der Waals surface area contributed by atoms with Crippen molar-refractivity contribution in [3.63, 3.8) is 0 Å². The average Bonchev–Trinajstić information content (AvgIpc) is 3.32. The summed E-state index contributed by atoms with van der Waals surface area (Å²) in [6.45, 7) is 5.89. The fraction of sp³-hybridized carbons (Fsp3) is 0.417. The van der Waals surface area contributed by atoms with Crippen molar-refractivity contribution < 1.29 is 33.3 Å². The molecule has 0 heterocycles. The van der Waals surface area contributed by atoms with Crippen LogP contribution in [0.1, 0.15) is 50.8 Å². The number of methoxy groups -OCH3 is 4. The average molecular weight is 648 g/mol. The molecule has 1 aliphatic rings. The van der Waals surface area contributed by atoms with Crippen molar-refractivity contribution in [3.05, 3.63) is 69.9 Å². The lowest BCUT2D eigenvalue weighted by Crippen LogP contribution is -2.45. The number of anilines is 1.